The number of hydrogen-bond donors (Lipinski definition) is 1. The van der Waals surface area contributed by atoms with Crippen LogP contribution < -0.4 is 5.32 Å². The molecule has 23 heavy (non-hydrogen) atoms. The highest BCUT2D eigenvalue weighted by atomic mass is 32.1. The van der Waals surface area contributed by atoms with Crippen LogP contribution in [-0.4, -0.2) is 19.1 Å². The number of rotatable bonds is 4. The minimum Gasteiger partial charge on any atom is -0.381 e. The van der Waals surface area contributed by atoms with Crippen molar-refractivity contribution in [1.82, 2.24) is 5.32 Å². The molecule has 1 aromatic carbocycles. The van der Waals surface area contributed by atoms with E-state index in [-0.39, 0.29) is 11.9 Å². The van der Waals surface area contributed by atoms with Crippen LogP contribution in [0.1, 0.15) is 39.7 Å². The second-order valence-corrected chi connectivity index (χ2v) is 6.59. The molecule has 118 valence electrons. The van der Waals surface area contributed by atoms with Crippen LogP contribution in [0.15, 0.2) is 41.8 Å². The standard InChI is InChI=1S/C18H18N2O2S/c19-12-13-3-1-4-15(11-13)18(21)20-17(16-5-2-10-23-16)14-6-8-22-9-7-14/h1-5,10-11,14,17H,6-9H2,(H,20,21)/t17-/m0/s1. The number of nitrogens with one attached hydrogen (secondary N) is 1. The van der Waals surface area contributed by atoms with Gasteiger partial charge in [0.25, 0.3) is 5.91 Å². The van der Waals surface area contributed by atoms with Crippen LogP contribution >= 0.6 is 11.3 Å². The van der Waals surface area contributed by atoms with Crippen molar-refractivity contribution in [3.63, 3.8) is 0 Å². The molecular weight excluding hydrogens is 308 g/mol. The maximum atomic E-state index is 12.6. The molecule has 0 spiro atoms. The highest BCUT2D eigenvalue weighted by Gasteiger charge is 2.28. The van der Waals surface area contributed by atoms with E-state index in [1.54, 1.807) is 35.6 Å². The summed E-state index contributed by atoms with van der Waals surface area (Å²) in [5.41, 5.74) is 1.02. The lowest BCUT2D eigenvalue weighted by atomic mass is 9.90. The van der Waals surface area contributed by atoms with Gasteiger partial charge in [0, 0.05) is 23.7 Å². The van der Waals surface area contributed by atoms with Crippen LogP contribution in [-0.2, 0) is 4.74 Å². The van der Waals surface area contributed by atoms with Crippen LogP contribution in [0.5, 0.6) is 0 Å². The van der Waals surface area contributed by atoms with Crippen molar-refractivity contribution in [2.24, 2.45) is 5.92 Å². The smallest absolute Gasteiger partial charge is 0.251 e. The molecule has 5 heteroatoms. The Labute approximate surface area is 139 Å². The lowest BCUT2D eigenvalue weighted by Gasteiger charge is -2.30. The molecule has 1 aliphatic heterocycles. The molecule has 0 radical (unpaired) electrons. The van der Waals surface area contributed by atoms with Crippen LogP contribution in [0.3, 0.4) is 0 Å². The molecule has 0 aliphatic carbocycles. The first-order chi connectivity index (χ1) is 11.3. The van der Waals surface area contributed by atoms with Gasteiger partial charge in [-0.25, -0.2) is 0 Å². The number of carbonyl (C=O) groups is 1. The summed E-state index contributed by atoms with van der Waals surface area (Å²) >= 11 is 1.66. The summed E-state index contributed by atoms with van der Waals surface area (Å²) in [7, 11) is 0. The third-order valence-corrected chi connectivity index (χ3v) is 5.08. The average molecular weight is 326 g/mol. The van der Waals surface area contributed by atoms with Gasteiger partial charge in [-0.05, 0) is 48.4 Å². The molecule has 1 aliphatic rings. The van der Waals surface area contributed by atoms with Gasteiger partial charge < -0.3 is 10.1 Å². The molecule has 0 bridgehead atoms. The van der Waals surface area contributed by atoms with E-state index in [0.717, 1.165) is 26.1 Å². The molecule has 0 unspecified atom stereocenters. The van der Waals surface area contributed by atoms with Crippen molar-refractivity contribution < 1.29 is 9.53 Å². The number of benzene rings is 1. The van der Waals surface area contributed by atoms with E-state index >= 15 is 0 Å². The van der Waals surface area contributed by atoms with Gasteiger partial charge in [-0.15, -0.1) is 11.3 Å². The summed E-state index contributed by atoms with van der Waals surface area (Å²) in [6.07, 6.45) is 1.89. The summed E-state index contributed by atoms with van der Waals surface area (Å²) in [5, 5.41) is 14.2. The molecule has 2 aromatic rings. The van der Waals surface area contributed by atoms with Gasteiger partial charge in [-0.2, -0.15) is 5.26 Å². The third kappa shape index (κ3) is 3.79. The number of carbonyl (C=O) groups excluding carboxylic acids is 1. The lowest BCUT2D eigenvalue weighted by molar-refractivity contribution is 0.0518. The highest BCUT2D eigenvalue weighted by Crippen LogP contribution is 2.32. The molecule has 1 amide bonds. The largest absolute Gasteiger partial charge is 0.381 e. The monoisotopic (exact) mass is 326 g/mol. The quantitative estimate of drug-likeness (QED) is 0.935. The van der Waals surface area contributed by atoms with Crippen molar-refractivity contribution in [3.8, 4) is 6.07 Å². The summed E-state index contributed by atoms with van der Waals surface area (Å²) in [4.78, 5) is 13.8. The van der Waals surface area contributed by atoms with E-state index in [1.165, 1.54) is 4.88 Å². The number of thiophene rings is 1. The van der Waals surface area contributed by atoms with Crippen LogP contribution in [0.4, 0.5) is 0 Å². The molecular formula is C18H18N2O2S. The molecule has 2 heterocycles. The minimum atomic E-state index is -0.132. The fourth-order valence-electron chi connectivity index (χ4n) is 2.89. The Morgan fingerprint density at radius 2 is 2.13 bits per heavy atom. The highest BCUT2D eigenvalue weighted by molar-refractivity contribution is 7.10. The van der Waals surface area contributed by atoms with E-state index in [1.807, 2.05) is 11.4 Å². The molecule has 1 fully saturated rings. The van der Waals surface area contributed by atoms with Crippen LogP contribution in [0.2, 0.25) is 0 Å². The first kappa shape index (κ1) is 15.7. The van der Waals surface area contributed by atoms with Gasteiger partial charge in [0.15, 0.2) is 0 Å². The molecule has 0 saturated carbocycles. The first-order valence-electron chi connectivity index (χ1n) is 7.70. The molecule has 1 aromatic heterocycles. The number of nitriles is 1. The minimum absolute atomic E-state index is 0.00265. The third-order valence-electron chi connectivity index (χ3n) is 4.13. The summed E-state index contributed by atoms with van der Waals surface area (Å²) in [6, 6.07) is 13.0. The number of amides is 1. The van der Waals surface area contributed by atoms with Crippen LogP contribution in [0, 0.1) is 17.2 Å². The fraction of sp³-hybridized carbons (Fsp3) is 0.333. The van der Waals surface area contributed by atoms with Crippen molar-refractivity contribution in [1.29, 1.82) is 5.26 Å². The van der Waals surface area contributed by atoms with E-state index < -0.39 is 0 Å². The first-order valence-corrected chi connectivity index (χ1v) is 8.58. The van der Waals surface area contributed by atoms with Crippen molar-refractivity contribution in [2.45, 2.75) is 18.9 Å². The topological polar surface area (TPSA) is 62.1 Å². The molecule has 1 atom stereocenters. The Hall–Kier alpha value is -2.16. The number of nitrogens with zero attached hydrogens (tertiary/aromatic N) is 1. The van der Waals surface area contributed by atoms with Gasteiger partial charge in [0.2, 0.25) is 0 Å². The van der Waals surface area contributed by atoms with Crippen molar-refractivity contribution in [3.05, 3.63) is 57.8 Å². The normalized spacial score (nSPS) is 16.5. The molecule has 1 saturated heterocycles. The SMILES string of the molecule is N#Cc1cccc(C(=O)N[C@H](c2cccs2)C2CCOCC2)c1. The second kappa shape index (κ2) is 7.40. The van der Waals surface area contributed by atoms with Crippen LogP contribution in [0.25, 0.3) is 0 Å². The zero-order valence-electron chi connectivity index (χ0n) is 12.7. The van der Waals surface area contributed by atoms with E-state index in [9.17, 15) is 4.79 Å². The molecule has 1 N–H and O–H groups in total. The fourth-order valence-corrected chi connectivity index (χ4v) is 3.76. The number of hydrogen-bond acceptors (Lipinski definition) is 4. The Balaban J connectivity index is 1.80. The predicted molar refractivity (Wildman–Crippen MR) is 89.2 cm³/mol. The molecule has 3 rings (SSSR count). The van der Waals surface area contributed by atoms with Gasteiger partial charge >= 0.3 is 0 Å². The zero-order chi connectivity index (χ0) is 16.1. The second-order valence-electron chi connectivity index (χ2n) is 5.61. The average Bonchev–Trinajstić information content (AvgIpc) is 3.14. The van der Waals surface area contributed by atoms with E-state index in [4.69, 9.17) is 10.00 Å². The Kier molecular flexibility index (Phi) is 5.06. The van der Waals surface area contributed by atoms with E-state index in [2.05, 4.69) is 17.5 Å². The van der Waals surface area contributed by atoms with Gasteiger partial charge in [-0.3, -0.25) is 4.79 Å². The Morgan fingerprint density at radius 3 is 2.83 bits per heavy atom. The number of ether oxygens (including phenoxy) is 1. The van der Waals surface area contributed by atoms with Gasteiger partial charge in [-0.1, -0.05) is 12.1 Å². The van der Waals surface area contributed by atoms with Gasteiger partial charge in [0.05, 0.1) is 17.7 Å². The maximum Gasteiger partial charge on any atom is 0.251 e. The van der Waals surface area contributed by atoms with Gasteiger partial charge in [0.1, 0.15) is 0 Å². The Morgan fingerprint density at radius 1 is 1.30 bits per heavy atom. The zero-order valence-corrected chi connectivity index (χ0v) is 13.5. The van der Waals surface area contributed by atoms with Crippen molar-refractivity contribution >= 4 is 17.2 Å². The predicted octanol–water partition coefficient (Wildman–Crippen LogP) is 3.52. The lowest BCUT2D eigenvalue weighted by Crippen LogP contribution is -2.35. The van der Waals surface area contributed by atoms with Crippen molar-refractivity contribution in [2.75, 3.05) is 13.2 Å². The molecule has 4 nitrogen and oxygen atoms in total. The maximum absolute atomic E-state index is 12.6. The summed E-state index contributed by atoms with van der Waals surface area (Å²) < 4.78 is 5.44. The van der Waals surface area contributed by atoms with E-state index in [0.29, 0.717) is 17.0 Å². The Bertz CT molecular complexity index is 700. The summed E-state index contributed by atoms with van der Waals surface area (Å²) in [6.45, 7) is 1.48. The summed E-state index contributed by atoms with van der Waals surface area (Å²) in [5.74, 6) is 0.248.